The maximum absolute atomic E-state index is 13.4. The van der Waals surface area contributed by atoms with Gasteiger partial charge in [-0.1, -0.05) is 18.2 Å². The fourth-order valence-electron chi connectivity index (χ4n) is 1.20. The topological polar surface area (TPSA) is 33.0 Å². The predicted octanol–water partition coefficient (Wildman–Crippen LogP) is 3.24. The van der Waals surface area contributed by atoms with Crippen molar-refractivity contribution in [2.45, 2.75) is 25.7 Å². The quantitative estimate of drug-likeness (QED) is 0.737. The standard InChI is InChI=1S/C11H14FNOSi/c1-15(2,3)14-11(8-13)9-6-4-5-7-10(9)12/h4-7,11H,1-3H3. The first-order chi connectivity index (χ1) is 6.94. The van der Waals surface area contributed by atoms with Gasteiger partial charge in [0.1, 0.15) is 5.82 Å². The summed E-state index contributed by atoms with van der Waals surface area (Å²) in [6.07, 6.45) is -0.794. The van der Waals surface area contributed by atoms with Crippen molar-refractivity contribution in [3.05, 3.63) is 35.6 Å². The smallest absolute Gasteiger partial charge is 0.186 e. The summed E-state index contributed by atoms with van der Waals surface area (Å²) in [4.78, 5) is 0. The summed E-state index contributed by atoms with van der Waals surface area (Å²) in [5, 5.41) is 8.95. The molecule has 0 heterocycles. The summed E-state index contributed by atoms with van der Waals surface area (Å²) < 4.78 is 19.0. The monoisotopic (exact) mass is 223 g/mol. The number of hydrogen-bond donors (Lipinski definition) is 0. The highest BCUT2D eigenvalue weighted by Gasteiger charge is 2.23. The summed E-state index contributed by atoms with van der Waals surface area (Å²) >= 11 is 0. The first-order valence-electron chi connectivity index (χ1n) is 4.76. The van der Waals surface area contributed by atoms with Crippen molar-refractivity contribution in [1.29, 1.82) is 5.26 Å². The van der Waals surface area contributed by atoms with Crippen molar-refractivity contribution < 1.29 is 8.82 Å². The van der Waals surface area contributed by atoms with Crippen molar-refractivity contribution >= 4 is 8.32 Å². The molecule has 2 nitrogen and oxygen atoms in total. The van der Waals surface area contributed by atoms with Crippen LogP contribution in [0.25, 0.3) is 0 Å². The molecule has 1 aromatic carbocycles. The second-order valence-corrected chi connectivity index (χ2v) is 8.72. The Morgan fingerprint density at radius 1 is 1.33 bits per heavy atom. The van der Waals surface area contributed by atoms with Crippen LogP contribution < -0.4 is 0 Å². The van der Waals surface area contributed by atoms with Crippen LogP contribution in [0, 0.1) is 17.1 Å². The summed E-state index contributed by atoms with van der Waals surface area (Å²) in [5.74, 6) is -0.387. The summed E-state index contributed by atoms with van der Waals surface area (Å²) in [7, 11) is -1.84. The van der Waals surface area contributed by atoms with Gasteiger partial charge in [-0.2, -0.15) is 5.26 Å². The second kappa shape index (κ2) is 4.56. The molecule has 0 bridgehead atoms. The van der Waals surface area contributed by atoms with Crippen LogP contribution in [0.2, 0.25) is 19.6 Å². The Bertz CT molecular complexity index is 381. The van der Waals surface area contributed by atoms with E-state index in [0.717, 1.165) is 0 Å². The molecule has 4 heteroatoms. The number of nitriles is 1. The summed E-state index contributed by atoms with van der Waals surface area (Å²) in [6.45, 7) is 5.91. The SMILES string of the molecule is C[Si](C)(C)OC(C#N)c1ccccc1F. The van der Waals surface area contributed by atoms with Crippen molar-refractivity contribution in [2.24, 2.45) is 0 Å². The molecule has 1 atom stereocenters. The van der Waals surface area contributed by atoms with Crippen molar-refractivity contribution in [3.63, 3.8) is 0 Å². The maximum Gasteiger partial charge on any atom is 0.186 e. The molecule has 15 heavy (non-hydrogen) atoms. The van der Waals surface area contributed by atoms with Crippen molar-refractivity contribution in [1.82, 2.24) is 0 Å². The van der Waals surface area contributed by atoms with E-state index >= 15 is 0 Å². The van der Waals surface area contributed by atoms with Gasteiger partial charge in [0.25, 0.3) is 0 Å². The largest absolute Gasteiger partial charge is 0.399 e. The van der Waals surface area contributed by atoms with Gasteiger partial charge in [-0.05, 0) is 25.7 Å². The Morgan fingerprint density at radius 3 is 2.40 bits per heavy atom. The first kappa shape index (κ1) is 11.9. The van der Waals surface area contributed by atoms with Gasteiger partial charge in [0.2, 0.25) is 0 Å². The van der Waals surface area contributed by atoms with Crippen LogP contribution in [0.3, 0.4) is 0 Å². The molecule has 1 aromatic rings. The molecule has 80 valence electrons. The van der Waals surface area contributed by atoms with Gasteiger partial charge in [-0.25, -0.2) is 4.39 Å². The molecule has 0 N–H and O–H groups in total. The minimum Gasteiger partial charge on any atom is -0.399 e. The minimum absolute atomic E-state index is 0.322. The average molecular weight is 223 g/mol. The minimum atomic E-state index is -1.84. The fraction of sp³-hybridized carbons (Fsp3) is 0.364. The van der Waals surface area contributed by atoms with Crippen LogP contribution in [0.15, 0.2) is 24.3 Å². The van der Waals surface area contributed by atoms with E-state index in [2.05, 4.69) is 0 Å². The molecule has 0 aromatic heterocycles. The van der Waals surface area contributed by atoms with Crippen molar-refractivity contribution in [2.75, 3.05) is 0 Å². The van der Waals surface area contributed by atoms with Gasteiger partial charge >= 0.3 is 0 Å². The predicted molar refractivity (Wildman–Crippen MR) is 59.2 cm³/mol. The van der Waals surface area contributed by atoms with E-state index in [-0.39, 0.29) is 5.82 Å². The number of hydrogen-bond acceptors (Lipinski definition) is 2. The van der Waals surface area contributed by atoms with Crippen LogP contribution in [0.5, 0.6) is 0 Å². The van der Waals surface area contributed by atoms with Crippen LogP contribution in [0.4, 0.5) is 4.39 Å². The molecule has 0 amide bonds. The Morgan fingerprint density at radius 2 is 1.93 bits per heavy atom. The molecule has 0 aliphatic rings. The second-order valence-electron chi connectivity index (χ2n) is 4.26. The highest BCUT2D eigenvalue weighted by molar-refractivity contribution is 6.69. The third-order valence-electron chi connectivity index (χ3n) is 1.78. The van der Waals surface area contributed by atoms with E-state index in [1.165, 1.54) is 6.07 Å². The van der Waals surface area contributed by atoms with E-state index < -0.39 is 14.4 Å². The van der Waals surface area contributed by atoms with Gasteiger partial charge in [0.15, 0.2) is 14.4 Å². The lowest BCUT2D eigenvalue weighted by atomic mass is 10.1. The zero-order valence-corrected chi connectivity index (χ0v) is 10.1. The van der Waals surface area contributed by atoms with Gasteiger partial charge in [-0.3, -0.25) is 0 Å². The summed E-state index contributed by atoms with van der Waals surface area (Å²) in [5.41, 5.74) is 0.322. The number of rotatable bonds is 3. The molecule has 0 fully saturated rings. The highest BCUT2D eigenvalue weighted by Crippen LogP contribution is 2.23. The molecule has 0 aliphatic carbocycles. The van der Waals surface area contributed by atoms with E-state index in [4.69, 9.17) is 9.69 Å². The highest BCUT2D eigenvalue weighted by atomic mass is 28.4. The number of nitrogens with zero attached hydrogens (tertiary/aromatic N) is 1. The van der Waals surface area contributed by atoms with Gasteiger partial charge in [0, 0.05) is 5.56 Å². The Kier molecular flexibility index (Phi) is 3.61. The zero-order chi connectivity index (χ0) is 11.5. The van der Waals surface area contributed by atoms with Crippen LogP contribution in [-0.2, 0) is 4.43 Å². The molecule has 0 radical (unpaired) electrons. The van der Waals surface area contributed by atoms with Crippen LogP contribution in [0.1, 0.15) is 11.7 Å². The Labute approximate surface area is 90.4 Å². The lowest BCUT2D eigenvalue weighted by Gasteiger charge is -2.21. The van der Waals surface area contributed by atoms with E-state index in [1.807, 2.05) is 25.7 Å². The molecule has 0 saturated heterocycles. The normalized spacial score (nSPS) is 13.3. The summed E-state index contributed by atoms with van der Waals surface area (Å²) in [6, 6.07) is 8.22. The molecule has 0 aliphatic heterocycles. The molecular formula is C11H14FNOSi. The van der Waals surface area contributed by atoms with Crippen LogP contribution >= 0.6 is 0 Å². The van der Waals surface area contributed by atoms with Crippen LogP contribution in [-0.4, -0.2) is 8.32 Å². The zero-order valence-electron chi connectivity index (χ0n) is 9.12. The molecular weight excluding hydrogens is 209 g/mol. The Hall–Kier alpha value is -1.18. The van der Waals surface area contributed by atoms with Gasteiger partial charge in [-0.15, -0.1) is 0 Å². The van der Waals surface area contributed by atoms with E-state index in [9.17, 15) is 4.39 Å². The number of halogens is 1. The van der Waals surface area contributed by atoms with Crippen molar-refractivity contribution in [3.8, 4) is 6.07 Å². The molecule has 1 unspecified atom stereocenters. The first-order valence-corrected chi connectivity index (χ1v) is 8.17. The Balaban J connectivity index is 2.95. The van der Waals surface area contributed by atoms with E-state index in [1.54, 1.807) is 18.2 Å². The molecule has 1 rings (SSSR count). The number of benzene rings is 1. The van der Waals surface area contributed by atoms with Gasteiger partial charge < -0.3 is 4.43 Å². The lowest BCUT2D eigenvalue weighted by Crippen LogP contribution is -2.27. The third-order valence-corrected chi connectivity index (χ3v) is 2.72. The van der Waals surface area contributed by atoms with E-state index in [0.29, 0.717) is 5.56 Å². The fourth-order valence-corrected chi connectivity index (χ4v) is 2.09. The average Bonchev–Trinajstić information content (AvgIpc) is 2.14. The molecule has 0 spiro atoms. The maximum atomic E-state index is 13.4. The lowest BCUT2D eigenvalue weighted by molar-refractivity contribution is 0.249. The van der Waals surface area contributed by atoms with Gasteiger partial charge in [0.05, 0.1) is 6.07 Å². The molecule has 0 saturated carbocycles. The third kappa shape index (κ3) is 3.46.